The predicted molar refractivity (Wildman–Crippen MR) is 77.7 cm³/mol. The number of nitrogens with zero attached hydrogens (tertiary/aromatic N) is 4. The Hall–Kier alpha value is -0.720. The number of rotatable bonds is 6. The zero-order valence-corrected chi connectivity index (χ0v) is 12.8. The molecule has 1 aromatic rings. The lowest BCUT2D eigenvalue weighted by atomic mass is 10.2. The average molecular weight is 284 g/mol. The summed E-state index contributed by atoms with van der Waals surface area (Å²) in [6.45, 7) is 3.59. The molecule has 0 aromatic carbocycles. The molecule has 0 atom stereocenters. The summed E-state index contributed by atoms with van der Waals surface area (Å²) in [6, 6.07) is 0. The van der Waals surface area contributed by atoms with Crippen molar-refractivity contribution in [1.82, 2.24) is 19.2 Å². The normalized spacial score (nSPS) is 15.5. The van der Waals surface area contributed by atoms with E-state index in [1.807, 2.05) is 4.68 Å². The maximum Gasteiger partial charge on any atom is 0.199 e. The van der Waals surface area contributed by atoms with Crippen LogP contribution in [-0.4, -0.2) is 46.6 Å². The molecule has 0 bridgehead atoms. The number of ether oxygens (including phenoxy) is 1. The van der Waals surface area contributed by atoms with Gasteiger partial charge in [0.05, 0.1) is 6.67 Å². The zero-order valence-electron chi connectivity index (χ0n) is 12.0. The van der Waals surface area contributed by atoms with E-state index < -0.39 is 0 Å². The molecular weight excluding hydrogens is 260 g/mol. The molecule has 0 saturated carbocycles. The molecule has 0 unspecified atom stereocenters. The molecule has 1 aromatic heterocycles. The molecule has 1 aliphatic rings. The Morgan fingerprint density at radius 3 is 3.00 bits per heavy atom. The van der Waals surface area contributed by atoms with Gasteiger partial charge in [0, 0.05) is 33.2 Å². The Morgan fingerprint density at radius 2 is 2.21 bits per heavy atom. The summed E-state index contributed by atoms with van der Waals surface area (Å²) in [5, 5.41) is 4.68. The molecule has 0 radical (unpaired) electrons. The van der Waals surface area contributed by atoms with Gasteiger partial charge in [-0.2, -0.15) is 5.10 Å². The van der Waals surface area contributed by atoms with Gasteiger partial charge in [0.2, 0.25) is 0 Å². The third kappa shape index (κ3) is 3.87. The molecular formula is C13H24N4OS. The van der Waals surface area contributed by atoms with Crippen LogP contribution in [0.15, 0.2) is 0 Å². The summed E-state index contributed by atoms with van der Waals surface area (Å²) in [4.78, 5) is 2.24. The number of hydrogen-bond donors (Lipinski definition) is 0. The third-order valence-corrected chi connectivity index (χ3v) is 3.98. The van der Waals surface area contributed by atoms with Crippen molar-refractivity contribution < 1.29 is 4.74 Å². The highest BCUT2D eigenvalue weighted by atomic mass is 32.1. The molecule has 0 saturated heterocycles. The molecule has 0 N–H and O–H groups in total. The highest BCUT2D eigenvalue weighted by molar-refractivity contribution is 7.71. The summed E-state index contributed by atoms with van der Waals surface area (Å²) in [6.07, 6.45) is 5.83. The van der Waals surface area contributed by atoms with Crippen LogP contribution < -0.4 is 0 Å². The van der Waals surface area contributed by atoms with Crippen molar-refractivity contribution in [1.29, 1.82) is 0 Å². The second-order valence-electron chi connectivity index (χ2n) is 5.23. The van der Waals surface area contributed by atoms with Crippen molar-refractivity contribution in [3.63, 3.8) is 0 Å². The molecule has 5 nitrogen and oxygen atoms in total. The maximum atomic E-state index is 5.54. The summed E-state index contributed by atoms with van der Waals surface area (Å²) in [5.41, 5.74) is 0. The minimum absolute atomic E-state index is 0.766. The first-order chi connectivity index (χ1) is 9.22. The Morgan fingerprint density at radius 1 is 1.37 bits per heavy atom. The maximum absolute atomic E-state index is 5.54. The van der Waals surface area contributed by atoms with Crippen LogP contribution >= 0.6 is 12.2 Å². The molecule has 108 valence electrons. The van der Waals surface area contributed by atoms with Gasteiger partial charge in [0.1, 0.15) is 5.82 Å². The van der Waals surface area contributed by atoms with E-state index in [1.165, 1.54) is 19.3 Å². The first-order valence-corrected chi connectivity index (χ1v) is 7.47. The Labute approximate surface area is 120 Å². The predicted octanol–water partition coefficient (Wildman–Crippen LogP) is 2.07. The van der Waals surface area contributed by atoms with Crippen molar-refractivity contribution in [2.75, 3.05) is 27.3 Å². The first kappa shape index (κ1) is 14.7. The van der Waals surface area contributed by atoms with Crippen LogP contribution in [0, 0.1) is 4.77 Å². The van der Waals surface area contributed by atoms with Gasteiger partial charge >= 0.3 is 0 Å². The second kappa shape index (κ2) is 7.17. The number of fused-ring (bicyclic) bond motifs is 1. The largest absolute Gasteiger partial charge is 0.385 e. The van der Waals surface area contributed by atoms with Crippen LogP contribution in [0.3, 0.4) is 0 Å². The number of aryl methyl sites for hydroxylation is 1. The van der Waals surface area contributed by atoms with Crippen molar-refractivity contribution in [2.45, 2.75) is 45.3 Å². The smallest absolute Gasteiger partial charge is 0.199 e. The zero-order chi connectivity index (χ0) is 13.7. The standard InChI is InChI=1S/C13H24N4OS/c1-15(8-6-10-18-2)11-17-13(19)16-9-5-3-4-7-12(16)14-17/h3-11H2,1-2H3. The molecule has 19 heavy (non-hydrogen) atoms. The minimum Gasteiger partial charge on any atom is -0.385 e. The topological polar surface area (TPSA) is 35.2 Å². The molecule has 2 heterocycles. The van der Waals surface area contributed by atoms with E-state index in [4.69, 9.17) is 17.0 Å². The quantitative estimate of drug-likeness (QED) is 0.592. The fourth-order valence-corrected chi connectivity index (χ4v) is 2.79. The number of methoxy groups -OCH3 is 1. The highest BCUT2D eigenvalue weighted by Gasteiger charge is 2.14. The van der Waals surface area contributed by atoms with Gasteiger partial charge in [-0.3, -0.25) is 4.90 Å². The van der Waals surface area contributed by atoms with Crippen LogP contribution in [0.4, 0.5) is 0 Å². The van der Waals surface area contributed by atoms with Crippen molar-refractivity contribution in [3.8, 4) is 0 Å². The second-order valence-corrected chi connectivity index (χ2v) is 5.59. The SMILES string of the molecule is COCCCN(C)Cn1nc2n(c1=S)CCCCC2. The highest BCUT2D eigenvalue weighted by Crippen LogP contribution is 2.14. The van der Waals surface area contributed by atoms with Crippen molar-refractivity contribution >= 4 is 12.2 Å². The molecule has 0 spiro atoms. The van der Waals surface area contributed by atoms with E-state index in [0.717, 1.165) is 49.8 Å². The Kier molecular flexibility index (Phi) is 5.54. The molecule has 0 fully saturated rings. The number of hydrogen-bond acceptors (Lipinski definition) is 4. The lowest BCUT2D eigenvalue weighted by Gasteiger charge is -2.15. The van der Waals surface area contributed by atoms with Crippen LogP contribution in [0.2, 0.25) is 0 Å². The van der Waals surface area contributed by atoms with Crippen LogP contribution in [0.1, 0.15) is 31.5 Å². The summed E-state index contributed by atoms with van der Waals surface area (Å²) in [7, 11) is 3.84. The van der Waals surface area contributed by atoms with E-state index in [0.29, 0.717) is 0 Å². The van der Waals surface area contributed by atoms with Gasteiger partial charge in [-0.1, -0.05) is 6.42 Å². The Bertz CT molecular complexity index is 454. The van der Waals surface area contributed by atoms with Gasteiger partial charge in [-0.05, 0) is 38.5 Å². The molecule has 1 aliphatic heterocycles. The minimum atomic E-state index is 0.766. The summed E-state index contributed by atoms with van der Waals surface area (Å²) >= 11 is 5.54. The van der Waals surface area contributed by atoms with Gasteiger partial charge in [-0.25, -0.2) is 4.68 Å². The van der Waals surface area contributed by atoms with Gasteiger partial charge in [0.15, 0.2) is 4.77 Å². The Balaban J connectivity index is 1.99. The fourth-order valence-electron chi connectivity index (χ4n) is 2.50. The molecule has 6 heteroatoms. The van der Waals surface area contributed by atoms with E-state index in [1.54, 1.807) is 7.11 Å². The van der Waals surface area contributed by atoms with Gasteiger partial charge in [0.25, 0.3) is 0 Å². The van der Waals surface area contributed by atoms with Crippen LogP contribution in [-0.2, 0) is 24.4 Å². The van der Waals surface area contributed by atoms with Crippen LogP contribution in [0.5, 0.6) is 0 Å². The lowest BCUT2D eigenvalue weighted by molar-refractivity contribution is 0.168. The van der Waals surface area contributed by atoms with Crippen molar-refractivity contribution in [3.05, 3.63) is 10.6 Å². The molecule has 2 rings (SSSR count). The number of aromatic nitrogens is 3. The van der Waals surface area contributed by atoms with Crippen LogP contribution in [0.25, 0.3) is 0 Å². The van der Waals surface area contributed by atoms with E-state index in [-0.39, 0.29) is 0 Å². The lowest BCUT2D eigenvalue weighted by Crippen LogP contribution is -2.25. The van der Waals surface area contributed by atoms with E-state index >= 15 is 0 Å². The van der Waals surface area contributed by atoms with E-state index in [9.17, 15) is 0 Å². The third-order valence-electron chi connectivity index (χ3n) is 3.55. The average Bonchev–Trinajstić information content (AvgIpc) is 2.57. The van der Waals surface area contributed by atoms with Crippen molar-refractivity contribution in [2.24, 2.45) is 0 Å². The fraction of sp³-hybridized carbons (Fsp3) is 0.846. The summed E-state index contributed by atoms with van der Waals surface area (Å²) in [5.74, 6) is 1.16. The molecule has 0 amide bonds. The van der Waals surface area contributed by atoms with E-state index in [2.05, 4.69) is 21.6 Å². The monoisotopic (exact) mass is 284 g/mol. The molecule has 0 aliphatic carbocycles. The first-order valence-electron chi connectivity index (χ1n) is 7.06. The summed E-state index contributed by atoms with van der Waals surface area (Å²) < 4.78 is 10.1. The van der Waals surface area contributed by atoms with Gasteiger partial charge < -0.3 is 9.30 Å². The van der Waals surface area contributed by atoms with Gasteiger partial charge in [-0.15, -0.1) is 0 Å².